The molecule has 1 aromatic heterocycles. The van der Waals surface area contributed by atoms with Crippen molar-refractivity contribution in [3.05, 3.63) is 36.0 Å². The summed E-state index contributed by atoms with van der Waals surface area (Å²) in [5.41, 5.74) is 1.48. The van der Waals surface area contributed by atoms with Gasteiger partial charge in [-0.25, -0.2) is 15.1 Å². The Bertz CT molecular complexity index is 612. The van der Waals surface area contributed by atoms with E-state index in [1.165, 1.54) is 0 Å². The number of ether oxygens (including phenoxy) is 1. The molecule has 5 nitrogen and oxygen atoms in total. The summed E-state index contributed by atoms with van der Waals surface area (Å²) in [6, 6.07) is 7.96. The number of carbonyl (C=O) groups excluding carboxylic acids is 1. The standard InChI is InChI=1S/C15H18N2O3/c1-10-6-5-7-11(8-10)12-9-16-13(19-12)17-14(18)20-15(2,3)4/h5-9H,1-4H3,(H,16,17,18). The van der Waals surface area contributed by atoms with Crippen LogP contribution in [-0.2, 0) is 4.74 Å². The second kappa shape index (κ2) is 5.36. The molecule has 106 valence electrons. The highest BCUT2D eigenvalue weighted by Crippen LogP contribution is 2.23. The number of aromatic nitrogens is 1. The Balaban J connectivity index is 2.08. The van der Waals surface area contributed by atoms with E-state index in [1.54, 1.807) is 27.0 Å². The highest BCUT2D eigenvalue weighted by molar-refractivity contribution is 5.82. The summed E-state index contributed by atoms with van der Waals surface area (Å²) in [5, 5.41) is 2.46. The molecular formula is C15H18N2O3. The number of rotatable bonds is 2. The highest BCUT2D eigenvalue weighted by Gasteiger charge is 2.18. The number of hydrogen-bond acceptors (Lipinski definition) is 4. The van der Waals surface area contributed by atoms with Crippen molar-refractivity contribution in [3.63, 3.8) is 0 Å². The summed E-state index contributed by atoms with van der Waals surface area (Å²) in [6.07, 6.45) is 0.983. The van der Waals surface area contributed by atoms with Crippen LogP contribution in [0.4, 0.5) is 10.8 Å². The van der Waals surface area contributed by atoms with Gasteiger partial charge in [-0.1, -0.05) is 23.8 Å². The van der Waals surface area contributed by atoms with Gasteiger partial charge in [-0.05, 0) is 33.8 Å². The topological polar surface area (TPSA) is 64.4 Å². The number of nitrogens with zero attached hydrogens (tertiary/aromatic N) is 1. The first-order valence-electron chi connectivity index (χ1n) is 6.36. The van der Waals surface area contributed by atoms with Crippen molar-refractivity contribution in [2.24, 2.45) is 0 Å². The summed E-state index contributed by atoms with van der Waals surface area (Å²) in [7, 11) is 0. The summed E-state index contributed by atoms with van der Waals surface area (Å²) in [6.45, 7) is 7.38. The van der Waals surface area contributed by atoms with E-state index in [0.29, 0.717) is 5.76 Å². The van der Waals surface area contributed by atoms with Crippen LogP contribution in [0.5, 0.6) is 0 Å². The number of benzene rings is 1. The Morgan fingerprint density at radius 1 is 1.35 bits per heavy atom. The molecule has 0 radical (unpaired) electrons. The van der Waals surface area contributed by atoms with Crippen molar-refractivity contribution >= 4 is 12.1 Å². The maximum atomic E-state index is 11.6. The largest absolute Gasteiger partial charge is 0.443 e. The Labute approximate surface area is 118 Å². The van der Waals surface area contributed by atoms with E-state index in [4.69, 9.17) is 9.15 Å². The molecule has 0 saturated carbocycles. The highest BCUT2D eigenvalue weighted by atomic mass is 16.6. The van der Waals surface area contributed by atoms with Crippen LogP contribution in [0.15, 0.2) is 34.9 Å². The van der Waals surface area contributed by atoms with Crippen LogP contribution < -0.4 is 5.32 Å². The zero-order chi connectivity index (χ0) is 14.8. The molecular weight excluding hydrogens is 256 g/mol. The van der Waals surface area contributed by atoms with E-state index < -0.39 is 11.7 Å². The van der Waals surface area contributed by atoms with E-state index in [2.05, 4.69) is 10.3 Å². The minimum absolute atomic E-state index is 0.121. The van der Waals surface area contributed by atoms with Gasteiger partial charge in [0.2, 0.25) is 0 Å². The summed E-state index contributed by atoms with van der Waals surface area (Å²) in [5.74, 6) is 0.597. The lowest BCUT2D eigenvalue weighted by Crippen LogP contribution is -2.27. The number of amides is 1. The van der Waals surface area contributed by atoms with Gasteiger partial charge in [0.25, 0.3) is 0 Å². The number of nitrogens with one attached hydrogen (secondary N) is 1. The van der Waals surface area contributed by atoms with Gasteiger partial charge in [-0.2, -0.15) is 0 Å². The maximum absolute atomic E-state index is 11.6. The van der Waals surface area contributed by atoms with Crippen LogP contribution in [0, 0.1) is 6.92 Å². The summed E-state index contributed by atoms with van der Waals surface area (Å²) >= 11 is 0. The Hall–Kier alpha value is -2.30. The van der Waals surface area contributed by atoms with E-state index in [-0.39, 0.29) is 6.01 Å². The monoisotopic (exact) mass is 274 g/mol. The molecule has 0 saturated heterocycles. The molecule has 1 aromatic carbocycles. The fourth-order valence-electron chi connectivity index (χ4n) is 1.65. The molecule has 1 N–H and O–H groups in total. The molecule has 0 aliphatic rings. The average molecular weight is 274 g/mol. The van der Waals surface area contributed by atoms with Gasteiger partial charge in [0.15, 0.2) is 5.76 Å². The summed E-state index contributed by atoms with van der Waals surface area (Å²) < 4.78 is 10.6. The van der Waals surface area contributed by atoms with Gasteiger partial charge in [-0.15, -0.1) is 0 Å². The third-order valence-corrected chi connectivity index (χ3v) is 2.42. The third-order valence-electron chi connectivity index (χ3n) is 2.42. The van der Waals surface area contributed by atoms with Crippen molar-refractivity contribution in [2.45, 2.75) is 33.3 Å². The molecule has 0 aliphatic carbocycles. The predicted octanol–water partition coefficient (Wildman–Crippen LogP) is 4.00. The molecule has 5 heteroatoms. The second-order valence-electron chi connectivity index (χ2n) is 5.53. The molecule has 20 heavy (non-hydrogen) atoms. The van der Waals surface area contributed by atoms with Crippen molar-refractivity contribution in [1.29, 1.82) is 0 Å². The molecule has 0 bridgehead atoms. The molecule has 2 aromatic rings. The number of oxazole rings is 1. The molecule has 0 atom stereocenters. The first-order valence-corrected chi connectivity index (χ1v) is 6.36. The van der Waals surface area contributed by atoms with Crippen LogP contribution in [0.3, 0.4) is 0 Å². The van der Waals surface area contributed by atoms with Crippen LogP contribution in [0.2, 0.25) is 0 Å². The van der Waals surface area contributed by atoms with Crippen molar-refractivity contribution in [1.82, 2.24) is 4.98 Å². The molecule has 0 aliphatic heterocycles. The fraction of sp³-hybridized carbons (Fsp3) is 0.333. The van der Waals surface area contributed by atoms with Crippen LogP contribution in [0.25, 0.3) is 11.3 Å². The molecule has 1 amide bonds. The van der Waals surface area contributed by atoms with Crippen molar-refractivity contribution in [3.8, 4) is 11.3 Å². The Morgan fingerprint density at radius 3 is 2.75 bits per heavy atom. The van der Waals surface area contributed by atoms with E-state index in [0.717, 1.165) is 11.1 Å². The first kappa shape index (κ1) is 14.1. The van der Waals surface area contributed by atoms with Gasteiger partial charge in [-0.3, -0.25) is 0 Å². The van der Waals surface area contributed by atoms with Gasteiger partial charge in [0.05, 0.1) is 6.20 Å². The van der Waals surface area contributed by atoms with Gasteiger partial charge >= 0.3 is 12.1 Å². The van der Waals surface area contributed by atoms with Gasteiger partial charge < -0.3 is 9.15 Å². The summed E-state index contributed by atoms with van der Waals surface area (Å²) in [4.78, 5) is 15.6. The zero-order valence-corrected chi connectivity index (χ0v) is 12.1. The van der Waals surface area contributed by atoms with Gasteiger partial charge in [0.1, 0.15) is 5.60 Å². The van der Waals surface area contributed by atoms with Crippen molar-refractivity contribution in [2.75, 3.05) is 5.32 Å². The first-order chi connectivity index (χ1) is 9.33. The fourth-order valence-corrected chi connectivity index (χ4v) is 1.65. The van der Waals surface area contributed by atoms with Crippen LogP contribution in [-0.4, -0.2) is 16.7 Å². The molecule has 2 rings (SSSR count). The van der Waals surface area contributed by atoms with E-state index in [9.17, 15) is 4.79 Å². The third kappa shape index (κ3) is 3.85. The number of hydrogen-bond donors (Lipinski definition) is 1. The molecule has 0 fully saturated rings. The average Bonchev–Trinajstić information content (AvgIpc) is 2.74. The number of aryl methyl sites for hydroxylation is 1. The number of carbonyl (C=O) groups is 1. The number of anilines is 1. The minimum Gasteiger partial charge on any atom is -0.443 e. The van der Waals surface area contributed by atoms with Gasteiger partial charge in [0, 0.05) is 5.56 Å². The van der Waals surface area contributed by atoms with Crippen LogP contribution >= 0.6 is 0 Å². The normalized spacial score (nSPS) is 11.2. The van der Waals surface area contributed by atoms with Crippen LogP contribution in [0.1, 0.15) is 26.3 Å². The quantitative estimate of drug-likeness (QED) is 0.899. The molecule has 0 unspecified atom stereocenters. The SMILES string of the molecule is Cc1cccc(-c2cnc(NC(=O)OC(C)(C)C)o2)c1. The van der Waals surface area contributed by atoms with E-state index in [1.807, 2.05) is 31.2 Å². The molecule has 0 spiro atoms. The lowest BCUT2D eigenvalue weighted by molar-refractivity contribution is 0.0632. The predicted molar refractivity (Wildman–Crippen MR) is 76.5 cm³/mol. The minimum atomic E-state index is -0.588. The molecule has 1 heterocycles. The zero-order valence-electron chi connectivity index (χ0n) is 12.1. The lowest BCUT2D eigenvalue weighted by Gasteiger charge is -2.18. The van der Waals surface area contributed by atoms with E-state index >= 15 is 0 Å². The Morgan fingerprint density at radius 2 is 2.10 bits per heavy atom. The lowest BCUT2D eigenvalue weighted by atomic mass is 10.1. The Kier molecular flexibility index (Phi) is 3.79. The second-order valence-corrected chi connectivity index (χ2v) is 5.53. The van der Waals surface area contributed by atoms with Crippen molar-refractivity contribution < 1.29 is 13.9 Å². The maximum Gasteiger partial charge on any atom is 0.415 e. The smallest absolute Gasteiger partial charge is 0.415 e.